The van der Waals surface area contributed by atoms with Crippen molar-refractivity contribution in [2.24, 2.45) is 4.99 Å². The Balaban J connectivity index is 2.66. The van der Waals surface area contributed by atoms with Crippen molar-refractivity contribution in [2.45, 2.75) is 0 Å². The summed E-state index contributed by atoms with van der Waals surface area (Å²) in [6, 6.07) is 0. The van der Waals surface area contributed by atoms with Crippen molar-refractivity contribution >= 4 is 12.3 Å². The number of nitrogens with zero attached hydrogens (tertiary/aromatic N) is 2. The van der Waals surface area contributed by atoms with E-state index in [0.29, 0.717) is 6.54 Å². The van der Waals surface area contributed by atoms with E-state index < -0.39 is 5.97 Å². The summed E-state index contributed by atoms with van der Waals surface area (Å²) in [7, 11) is 0. The van der Waals surface area contributed by atoms with Crippen LogP contribution in [0.4, 0.5) is 0 Å². The van der Waals surface area contributed by atoms with Crippen LogP contribution in [0, 0.1) is 0 Å². The first kappa shape index (κ1) is 8.89. The normalized spacial score (nSPS) is 26.4. The van der Waals surface area contributed by atoms with Crippen LogP contribution in [0.2, 0.25) is 0 Å². The summed E-state index contributed by atoms with van der Waals surface area (Å²) in [5.74, 6) is -1.15. The zero-order valence-electron chi connectivity index (χ0n) is 6.51. The van der Waals surface area contributed by atoms with Gasteiger partial charge in [0.05, 0.1) is 18.8 Å². The highest BCUT2D eigenvalue weighted by Gasteiger charge is 2.25. The van der Waals surface area contributed by atoms with E-state index in [2.05, 4.69) is 4.99 Å². The fourth-order valence-corrected chi connectivity index (χ4v) is 1.11. The molecule has 12 heavy (non-hydrogen) atoms. The van der Waals surface area contributed by atoms with Gasteiger partial charge in [-0.1, -0.05) is 0 Å². The smallest absolute Gasteiger partial charge is 0.195 e. The number of quaternary nitrogens is 1. The van der Waals surface area contributed by atoms with Crippen molar-refractivity contribution in [2.75, 3.05) is 19.7 Å². The summed E-state index contributed by atoms with van der Waals surface area (Å²) in [6.45, 7) is 0.0537. The van der Waals surface area contributed by atoms with Crippen LogP contribution in [0.25, 0.3) is 0 Å². The van der Waals surface area contributed by atoms with Gasteiger partial charge in [0.2, 0.25) is 0 Å². The standard InChI is InChI=1S/C7H10N2O3/c10-4-3-9(5-7(11)12)2-1-8-6-9/h1-2,6,10H,3-5H2. The first-order valence-electron chi connectivity index (χ1n) is 3.58. The molecule has 1 N–H and O–H groups in total. The number of aliphatic hydroxyl groups excluding tert-OH is 1. The minimum absolute atomic E-state index is 0.0405. The number of aliphatic imine (C=N–C) groups is 1. The number of hydrogen-bond acceptors (Lipinski definition) is 4. The fraction of sp³-hybridized carbons (Fsp3) is 0.429. The first-order valence-corrected chi connectivity index (χ1v) is 3.58. The minimum Gasteiger partial charge on any atom is -0.544 e. The van der Waals surface area contributed by atoms with Crippen molar-refractivity contribution in [3.8, 4) is 0 Å². The lowest BCUT2D eigenvalue weighted by Gasteiger charge is -2.26. The molecule has 0 aromatic rings. The number of aliphatic hydroxyl groups is 1. The number of carbonyl (C=O) groups excluding carboxylic acids is 1. The Hall–Kier alpha value is -1.20. The molecular formula is C7H10N2O3. The van der Waals surface area contributed by atoms with E-state index in [1.165, 1.54) is 12.5 Å². The van der Waals surface area contributed by atoms with E-state index >= 15 is 0 Å². The first-order chi connectivity index (χ1) is 5.68. The zero-order valence-corrected chi connectivity index (χ0v) is 6.51. The van der Waals surface area contributed by atoms with Crippen LogP contribution in [0.1, 0.15) is 0 Å². The highest BCUT2D eigenvalue weighted by atomic mass is 16.4. The molecule has 0 aromatic heterocycles. The maximum Gasteiger partial charge on any atom is 0.195 e. The molecule has 0 aliphatic carbocycles. The molecule has 1 atom stereocenters. The summed E-state index contributed by atoms with van der Waals surface area (Å²) in [5.41, 5.74) is 0. The number of aliphatic carboxylic acids is 1. The van der Waals surface area contributed by atoms with Gasteiger partial charge >= 0.3 is 0 Å². The Kier molecular flexibility index (Phi) is 2.57. The Labute approximate surface area is 69.8 Å². The number of hydrogen-bond donors (Lipinski definition) is 1. The number of carboxylic acids is 1. The van der Waals surface area contributed by atoms with E-state index in [9.17, 15) is 9.90 Å². The van der Waals surface area contributed by atoms with Gasteiger partial charge in [0.25, 0.3) is 0 Å². The average molecular weight is 170 g/mol. The van der Waals surface area contributed by atoms with Gasteiger partial charge in [-0.2, -0.15) is 0 Å². The lowest BCUT2D eigenvalue weighted by atomic mass is 10.4. The summed E-state index contributed by atoms with van der Waals surface area (Å²) in [6.07, 6.45) is 4.61. The molecule has 1 aliphatic rings. The number of carboxylic acid groups (broad SMARTS) is 1. The molecule has 0 amide bonds. The summed E-state index contributed by atoms with van der Waals surface area (Å²) < 4.78 is 0.0405. The molecule has 5 nitrogen and oxygen atoms in total. The van der Waals surface area contributed by atoms with Gasteiger partial charge in [-0.25, -0.2) is 9.48 Å². The molecule has 0 radical (unpaired) electrons. The van der Waals surface area contributed by atoms with Crippen molar-refractivity contribution in [3.63, 3.8) is 0 Å². The SMILES string of the molecule is O=C([O-])C[N+]1(CCO)C=CN=C1. The molecule has 0 bridgehead atoms. The van der Waals surface area contributed by atoms with Crippen LogP contribution < -0.4 is 5.11 Å². The third-order valence-corrected chi connectivity index (χ3v) is 1.69. The molecule has 66 valence electrons. The maximum absolute atomic E-state index is 10.3. The van der Waals surface area contributed by atoms with E-state index in [1.54, 1.807) is 6.20 Å². The van der Waals surface area contributed by atoms with Gasteiger partial charge in [0, 0.05) is 0 Å². The summed E-state index contributed by atoms with van der Waals surface area (Å²) in [4.78, 5) is 14.1. The molecule has 1 unspecified atom stereocenters. The van der Waals surface area contributed by atoms with Gasteiger partial charge < -0.3 is 15.0 Å². The lowest BCUT2D eigenvalue weighted by molar-refractivity contribution is -0.774. The predicted molar refractivity (Wildman–Crippen MR) is 39.7 cm³/mol. The van der Waals surface area contributed by atoms with Crippen molar-refractivity contribution in [1.29, 1.82) is 0 Å². The quantitative estimate of drug-likeness (QED) is 0.499. The molecule has 1 heterocycles. The summed E-state index contributed by atoms with van der Waals surface area (Å²) >= 11 is 0. The highest BCUT2D eigenvalue weighted by Crippen LogP contribution is 2.09. The number of carbonyl (C=O) groups is 1. The van der Waals surface area contributed by atoms with E-state index in [0.717, 1.165) is 0 Å². The molecule has 5 heteroatoms. The predicted octanol–water partition coefficient (Wildman–Crippen LogP) is -1.94. The second-order valence-corrected chi connectivity index (χ2v) is 2.64. The van der Waals surface area contributed by atoms with Crippen molar-refractivity contribution in [3.05, 3.63) is 12.4 Å². The van der Waals surface area contributed by atoms with E-state index in [1.807, 2.05) is 0 Å². The molecular weight excluding hydrogens is 160 g/mol. The molecule has 0 saturated carbocycles. The van der Waals surface area contributed by atoms with Gasteiger partial charge in [-0.3, -0.25) is 0 Å². The summed E-state index contributed by atoms with van der Waals surface area (Å²) in [5, 5.41) is 19.0. The molecule has 1 aliphatic heterocycles. The maximum atomic E-state index is 10.3. The van der Waals surface area contributed by atoms with E-state index in [-0.39, 0.29) is 17.6 Å². The van der Waals surface area contributed by atoms with Gasteiger partial charge in [-0.05, 0) is 0 Å². The third-order valence-electron chi connectivity index (χ3n) is 1.69. The second kappa shape index (κ2) is 3.46. The van der Waals surface area contributed by atoms with Gasteiger partial charge in [0.15, 0.2) is 6.34 Å². The van der Waals surface area contributed by atoms with Crippen LogP contribution in [-0.4, -0.2) is 41.6 Å². The number of rotatable bonds is 4. The Morgan fingerprint density at radius 1 is 1.67 bits per heavy atom. The van der Waals surface area contributed by atoms with Crippen LogP contribution in [0.5, 0.6) is 0 Å². The highest BCUT2D eigenvalue weighted by molar-refractivity contribution is 5.68. The van der Waals surface area contributed by atoms with Crippen LogP contribution in [0.3, 0.4) is 0 Å². The van der Waals surface area contributed by atoms with Crippen LogP contribution >= 0.6 is 0 Å². The Morgan fingerprint density at radius 3 is 2.83 bits per heavy atom. The molecule has 0 fully saturated rings. The second-order valence-electron chi connectivity index (χ2n) is 2.64. The van der Waals surface area contributed by atoms with Crippen molar-refractivity contribution in [1.82, 2.24) is 0 Å². The molecule has 0 saturated heterocycles. The van der Waals surface area contributed by atoms with Crippen LogP contribution in [0.15, 0.2) is 17.4 Å². The molecule has 0 spiro atoms. The van der Waals surface area contributed by atoms with Crippen LogP contribution in [-0.2, 0) is 4.79 Å². The third kappa shape index (κ3) is 1.90. The largest absolute Gasteiger partial charge is 0.544 e. The topological polar surface area (TPSA) is 72.7 Å². The lowest BCUT2D eigenvalue weighted by Crippen LogP contribution is -2.49. The monoisotopic (exact) mass is 170 g/mol. The van der Waals surface area contributed by atoms with Gasteiger partial charge in [0.1, 0.15) is 19.3 Å². The molecule has 0 aromatic carbocycles. The fourth-order valence-electron chi connectivity index (χ4n) is 1.11. The molecule has 1 rings (SSSR count). The zero-order chi connectivity index (χ0) is 9.03. The minimum atomic E-state index is -1.15. The average Bonchev–Trinajstić information content (AvgIpc) is 2.36. The van der Waals surface area contributed by atoms with Gasteiger partial charge in [-0.15, -0.1) is 0 Å². The van der Waals surface area contributed by atoms with Crippen molar-refractivity contribution < 1.29 is 19.5 Å². The Morgan fingerprint density at radius 2 is 2.42 bits per heavy atom. The Bertz CT molecular complexity index is 223. The van der Waals surface area contributed by atoms with E-state index in [4.69, 9.17) is 5.11 Å².